The lowest BCUT2D eigenvalue weighted by Gasteiger charge is -2.08. The fraction of sp³-hybridized carbons (Fsp3) is 0.273. The molecule has 1 aromatic heterocycles. The number of para-hydroxylation sites is 1. The van der Waals surface area contributed by atoms with Gasteiger partial charge in [-0.15, -0.1) is 0 Å². The highest BCUT2D eigenvalue weighted by Crippen LogP contribution is 2.24. The number of rotatable bonds is 2. The van der Waals surface area contributed by atoms with Gasteiger partial charge in [0.2, 0.25) is 0 Å². The van der Waals surface area contributed by atoms with Gasteiger partial charge in [0.1, 0.15) is 0 Å². The molecule has 0 aliphatic rings. The SMILES string of the molecule is CCC(O)c1cccc2cc[nH]c12. The van der Waals surface area contributed by atoms with Gasteiger partial charge in [0.25, 0.3) is 0 Å². The summed E-state index contributed by atoms with van der Waals surface area (Å²) in [5, 5.41) is 10.9. The molecule has 2 N–H and O–H groups in total. The molecule has 2 aromatic rings. The topological polar surface area (TPSA) is 36.0 Å². The van der Waals surface area contributed by atoms with Crippen LogP contribution in [0.3, 0.4) is 0 Å². The molecular weight excluding hydrogens is 162 g/mol. The molecule has 0 radical (unpaired) electrons. The number of aromatic nitrogens is 1. The van der Waals surface area contributed by atoms with Gasteiger partial charge in [-0.05, 0) is 17.9 Å². The van der Waals surface area contributed by atoms with Crippen molar-refractivity contribution in [2.24, 2.45) is 0 Å². The zero-order chi connectivity index (χ0) is 9.26. The van der Waals surface area contributed by atoms with E-state index in [1.54, 1.807) is 0 Å². The molecule has 0 fully saturated rings. The predicted molar refractivity (Wildman–Crippen MR) is 53.5 cm³/mol. The molecule has 0 saturated carbocycles. The van der Waals surface area contributed by atoms with E-state index in [0.29, 0.717) is 0 Å². The second kappa shape index (κ2) is 3.23. The Labute approximate surface area is 77.2 Å². The van der Waals surface area contributed by atoms with E-state index in [4.69, 9.17) is 0 Å². The van der Waals surface area contributed by atoms with Crippen LogP contribution in [0.1, 0.15) is 25.0 Å². The normalized spacial score (nSPS) is 13.4. The molecule has 0 spiro atoms. The van der Waals surface area contributed by atoms with E-state index in [-0.39, 0.29) is 6.10 Å². The summed E-state index contributed by atoms with van der Waals surface area (Å²) in [6.07, 6.45) is 2.29. The van der Waals surface area contributed by atoms with E-state index in [0.717, 1.165) is 22.9 Å². The lowest BCUT2D eigenvalue weighted by molar-refractivity contribution is 0.175. The zero-order valence-corrected chi connectivity index (χ0v) is 7.62. The second-order valence-corrected chi connectivity index (χ2v) is 3.21. The fourth-order valence-electron chi connectivity index (χ4n) is 1.61. The molecule has 0 aliphatic carbocycles. The highest BCUT2D eigenvalue weighted by atomic mass is 16.3. The minimum atomic E-state index is -0.359. The Bertz CT molecular complexity index is 405. The van der Waals surface area contributed by atoms with Crippen LogP contribution in [0, 0.1) is 0 Å². The van der Waals surface area contributed by atoms with Gasteiger partial charge in [0.15, 0.2) is 0 Å². The summed E-state index contributed by atoms with van der Waals surface area (Å²) in [6, 6.07) is 8.00. The molecule has 0 saturated heterocycles. The van der Waals surface area contributed by atoms with E-state index in [2.05, 4.69) is 4.98 Å². The molecule has 1 unspecified atom stereocenters. The number of aliphatic hydroxyl groups excluding tert-OH is 1. The summed E-state index contributed by atoms with van der Waals surface area (Å²) in [5.41, 5.74) is 2.04. The molecule has 0 amide bonds. The van der Waals surface area contributed by atoms with Crippen LogP contribution in [0.15, 0.2) is 30.5 Å². The van der Waals surface area contributed by atoms with Crippen molar-refractivity contribution in [1.29, 1.82) is 0 Å². The Morgan fingerprint density at radius 2 is 2.23 bits per heavy atom. The lowest BCUT2D eigenvalue weighted by atomic mass is 10.0. The summed E-state index contributed by atoms with van der Waals surface area (Å²) in [6.45, 7) is 1.98. The second-order valence-electron chi connectivity index (χ2n) is 3.21. The van der Waals surface area contributed by atoms with Gasteiger partial charge in [-0.2, -0.15) is 0 Å². The Kier molecular flexibility index (Phi) is 2.07. The van der Waals surface area contributed by atoms with E-state index in [9.17, 15) is 5.11 Å². The molecule has 0 aliphatic heterocycles. The van der Waals surface area contributed by atoms with Crippen LogP contribution in [-0.4, -0.2) is 10.1 Å². The van der Waals surface area contributed by atoms with Crippen molar-refractivity contribution in [3.8, 4) is 0 Å². The molecule has 2 nitrogen and oxygen atoms in total. The Morgan fingerprint density at radius 1 is 1.38 bits per heavy atom. The van der Waals surface area contributed by atoms with Gasteiger partial charge in [0.05, 0.1) is 11.6 Å². The Hall–Kier alpha value is -1.28. The van der Waals surface area contributed by atoms with Gasteiger partial charge < -0.3 is 10.1 Å². The summed E-state index contributed by atoms with van der Waals surface area (Å²) in [5.74, 6) is 0. The summed E-state index contributed by atoms with van der Waals surface area (Å²) >= 11 is 0. The highest BCUT2D eigenvalue weighted by Gasteiger charge is 2.08. The maximum absolute atomic E-state index is 9.73. The smallest absolute Gasteiger partial charge is 0.0807 e. The van der Waals surface area contributed by atoms with Crippen LogP contribution in [0.25, 0.3) is 10.9 Å². The molecular formula is C11H13NO. The standard InChI is InChI=1S/C11H13NO/c1-2-10(13)9-5-3-4-8-6-7-12-11(8)9/h3-7,10,12-13H,2H2,1H3. The number of aliphatic hydroxyl groups is 1. The molecule has 1 heterocycles. The van der Waals surface area contributed by atoms with Crippen molar-refractivity contribution in [2.45, 2.75) is 19.4 Å². The summed E-state index contributed by atoms with van der Waals surface area (Å²) in [4.78, 5) is 3.14. The molecule has 1 atom stereocenters. The lowest BCUT2D eigenvalue weighted by Crippen LogP contribution is -1.95. The Balaban J connectivity index is 2.60. The minimum Gasteiger partial charge on any atom is -0.388 e. The van der Waals surface area contributed by atoms with Crippen molar-refractivity contribution >= 4 is 10.9 Å². The molecule has 0 bridgehead atoms. The van der Waals surface area contributed by atoms with Crippen LogP contribution in [0.4, 0.5) is 0 Å². The van der Waals surface area contributed by atoms with Crippen LogP contribution < -0.4 is 0 Å². The van der Waals surface area contributed by atoms with E-state index in [1.807, 2.05) is 37.4 Å². The average molecular weight is 175 g/mol. The third-order valence-corrected chi connectivity index (χ3v) is 2.37. The van der Waals surface area contributed by atoms with Crippen molar-refractivity contribution in [1.82, 2.24) is 4.98 Å². The number of fused-ring (bicyclic) bond motifs is 1. The van der Waals surface area contributed by atoms with Crippen LogP contribution in [0.2, 0.25) is 0 Å². The number of H-pyrrole nitrogens is 1. The molecule has 2 heteroatoms. The first-order valence-corrected chi connectivity index (χ1v) is 4.57. The van der Waals surface area contributed by atoms with Gasteiger partial charge in [0, 0.05) is 11.8 Å². The summed E-state index contributed by atoms with van der Waals surface area (Å²) < 4.78 is 0. The number of aromatic amines is 1. The third-order valence-electron chi connectivity index (χ3n) is 2.37. The molecule has 68 valence electrons. The number of benzene rings is 1. The van der Waals surface area contributed by atoms with Crippen LogP contribution in [-0.2, 0) is 0 Å². The quantitative estimate of drug-likeness (QED) is 0.723. The van der Waals surface area contributed by atoms with E-state index >= 15 is 0 Å². The monoisotopic (exact) mass is 175 g/mol. The van der Waals surface area contributed by atoms with Crippen molar-refractivity contribution < 1.29 is 5.11 Å². The first-order valence-electron chi connectivity index (χ1n) is 4.57. The van der Waals surface area contributed by atoms with Gasteiger partial charge in [-0.25, -0.2) is 0 Å². The molecule has 1 aromatic carbocycles. The highest BCUT2D eigenvalue weighted by molar-refractivity contribution is 5.82. The number of hydrogen-bond donors (Lipinski definition) is 2. The molecule has 13 heavy (non-hydrogen) atoms. The predicted octanol–water partition coefficient (Wildman–Crippen LogP) is 2.61. The fourth-order valence-corrected chi connectivity index (χ4v) is 1.61. The first-order chi connectivity index (χ1) is 6.33. The van der Waals surface area contributed by atoms with Crippen molar-refractivity contribution in [3.63, 3.8) is 0 Å². The molecule has 2 rings (SSSR count). The van der Waals surface area contributed by atoms with Gasteiger partial charge >= 0.3 is 0 Å². The largest absolute Gasteiger partial charge is 0.388 e. The number of hydrogen-bond acceptors (Lipinski definition) is 1. The maximum Gasteiger partial charge on any atom is 0.0807 e. The van der Waals surface area contributed by atoms with Crippen LogP contribution in [0.5, 0.6) is 0 Å². The van der Waals surface area contributed by atoms with Crippen LogP contribution >= 0.6 is 0 Å². The maximum atomic E-state index is 9.73. The van der Waals surface area contributed by atoms with Gasteiger partial charge in [-0.3, -0.25) is 0 Å². The van der Waals surface area contributed by atoms with E-state index in [1.165, 1.54) is 0 Å². The average Bonchev–Trinajstić information content (AvgIpc) is 2.63. The number of nitrogens with one attached hydrogen (secondary N) is 1. The first kappa shape index (κ1) is 8.32. The minimum absolute atomic E-state index is 0.359. The zero-order valence-electron chi connectivity index (χ0n) is 7.62. The van der Waals surface area contributed by atoms with Crippen molar-refractivity contribution in [3.05, 3.63) is 36.0 Å². The van der Waals surface area contributed by atoms with E-state index < -0.39 is 0 Å². The van der Waals surface area contributed by atoms with Gasteiger partial charge in [-0.1, -0.05) is 25.1 Å². The Morgan fingerprint density at radius 3 is 3.00 bits per heavy atom. The summed E-state index contributed by atoms with van der Waals surface area (Å²) in [7, 11) is 0. The van der Waals surface area contributed by atoms with Crippen molar-refractivity contribution in [2.75, 3.05) is 0 Å². The third kappa shape index (κ3) is 1.33.